The lowest BCUT2D eigenvalue weighted by Crippen LogP contribution is -2.29. The molecule has 102 valence electrons. The molecule has 19 heavy (non-hydrogen) atoms. The first-order valence-electron chi connectivity index (χ1n) is 6.56. The van der Waals surface area contributed by atoms with E-state index >= 15 is 0 Å². The van der Waals surface area contributed by atoms with Crippen molar-refractivity contribution in [3.05, 3.63) is 34.5 Å². The summed E-state index contributed by atoms with van der Waals surface area (Å²) < 4.78 is 37.7. The van der Waals surface area contributed by atoms with Gasteiger partial charge < -0.3 is 5.32 Å². The zero-order valence-electron chi connectivity index (χ0n) is 10.5. The summed E-state index contributed by atoms with van der Waals surface area (Å²) in [7, 11) is -3.42. The van der Waals surface area contributed by atoms with E-state index in [9.17, 15) is 12.8 Å². The van der Waals surface area contributed by atoms with Crippen LogP contribution in [0.25, 0.3) is 6.08 Å². The Morgan fingerprint density at radius 3 is 2.74 bits per heavy atom. The van der Waals surface area contributed by atoms with Crippen molar-refractivity contribution in [1.29, 1.82) is 0 Å². The topological polar surface area (TPSA) is 46.2 Å². The molecule has 2 aliphatic rings. The van der Waals surface area contributed by atoms with Crippen LogP contribution in [0.4, 0.5) is 4.39 Å². The van der Waals surface area contributed by atoms with Crippen molar-refractivity contribution >= 4 is 15.9 Å². The molecule has 0 radical (unpaired) electrons. The highest BCUT2D eigenvalue weighted by atomic mass is 32.2. The zero-order chi connectivity index (χ0) is 13.5. The van der Waals surface area contributed by atoms with E-state index in [1.807, 2.05) is 0 Å². The van der Waals surface area contributed by atoms with E-state index in [1.165, 1.54) is 31.0 Å². The van der Waals surface area contributed by atoms with Crippen molar-refractivity contribution in [2.75, 3.05) is 6.54 Å². The summed E-state index contributed by atoms with van der Waals surface area (Å²) >= 11 is 0. The number of sulfone groups is 1. The monoisotopic (exact) mass is 281 g/mol. The minimum Gasteiger partial charge on any atom is -0.309 e. The Hall–Kier alpha value is -1.20. The predicted molar refractivity (Wildman–Crippen MR) is 71.8 cm³/mol. The Labute approximate surface area is 112 Å². The van der Waals surface area contributed by atoms with E-state index in [2.05, 4.69) is 5.32 Å². The second kappa shape index (κ2) is 4.72. The highest BCUT2D eigenvalue weighted by Crippen LogP contribution is 2.33. The minimum absolute atomic E-state index is 0.220. The van der Waals surface area contributed by atoms with Crippen LogP contribution in [0.1, 0.15) is 31.2 Å². The molecule has 1 aromatic carbocycles. The van der Waals surface area contributed by atoms with Gasteiger partial charge in [-0.2, -0.15) is 0 Å². The quantitative estimate of drug-likeness (QED) is 0.866. The van der Waals surface area contributed by atoms with Gasteiger partial charge in [0, 0.05) is 12.6 Å². The normalized spacial score (nSPS) is 21.4. The molecule has 0 spiro atoms. The molecule has 1 aromatic rings. The van der Waals surface area contributed by atoms with Gasteiger partial charge in [0.05, 0.1) is 9.80 Å². The summed E-state index contributed by atoms with van der Waals surface area (Å²) in [6, 6.07) is 4.23. The molecule has 1 fully saturated rings. The van der Waals surface area contributed by atoms with Gasteiger partial charge >= 0.3 is 0 Å². The van der Waals surface area contributed by atoms with Crippen LogP contribution in [0.2, 0.25) is 0 Å². The fourth-order valence-electron chi connectivity index (χ4n) is 2.79. The van der Waals surface area contributed by atoms with Gasteiger partial charge in [0.1, 0.15) is 5.82 Å². The maximum Gasteiger partial charge on any atom is 0.204 e. The third-order valence-corrected chi connectivity index (χ3v) is 5.75. The number of rotatable bonds is 3. The van der Waals surface area contributed by atoms with Crippen LogP contribution in [0.3, 0.4) is 0 Å². The Balaban J connectivity index is 1.81. The summed E-state index contributed by atoms with van der Waals surface area (Å²) in [6.45, 7) is 0.337. The van der Waals surface area contributed by atoms with E-state index in [4.69, 9.17) is 0 Å². The predicted octanol–water partition coefficient (Wildman–Crippen LogP) is 2.49. The van der Waals surface area contributed by atoms with Gasteiger partial charge in [0.25, 0.3) is 0 Å². The molecule has 1 heterocycles. The van der Waals surface area contributed by atoms with E-state index < -0.39 is 15.7 Å². The molecule has 0 amide bonds. The smallest absolute Gasteiger partial charge is 0.204 e. The number of nitrogens with one attached hydrogen (secondary N) is 1. The summed E-state index contributed by atoms with van der Waals surface area (Å²) in [5.41, 5.74) is 0.461. The van der Waals surface area contributed by atoms with Crippen LogP contribution in [0.15, 0.2) is 28.0 Å². The van der Waals surface area contributed by atoms with Gasteiger partial charge in [0.2, 0.25) is 9.84 Å². The molecular weight excluding hydrogens is 265 g/mol. The molecule has 1 N–H and O–H groups in total. The van der Waals surface area contributed by atoms with Crippen molar-refractivity contribution in [2.24, 2.45) is 0 Å². The standard InChI is InChI=1S/C14H16FNO2S/c15-11-5-6-14-10(7-11)8-13(19(14,17)18)9-16-12-3-1-2-4-12/h5-8,12,16H,1-4,9H2. The van der Waals surface area contributed by atoms with Gasteiger partial charge in [-0.15, -0.1) is 0 Å². The number of fused-ring (bicyclic) bond motifs is 1. The molecule has 0 atom stereocenters. The third kappa shape index (κ3) is 2.32. The number of hydrogen-bond acceptors (Lipinski definition) is 3. The fourth-order valence-corrected chi connectivity index (χ4v) is 4.30. The number of benzene rings is 1. The second-order valence-corrected chi connectivity index (χ2v) is 7.13. The fraction of sp³-hybridized carbons (Fsp3) is 0.429. The first-order chi connectivity index (χ1) is 9.07. The third-order valence-electron chi connectivity index (χ3n) is 3.84. The van der Waals surface area contributed by atoms with Crippen LogP contribution >= 0.6 is 0 Å². The Morgan fingerprint density at radius 1 is 1.26 bits per heavy atom. The molecule has 1 saturated carbocycles. The van der Waals surface area contributed by atoms with Gasteiger partial charge in [-0.3, -0.25) is 0 Å². The van der Waals surface area contributed by atoms with Crippen LogP contribution in [0.5, 0.6) is 0 Å². The summed E-state index contributed by atoms with van der Waals surface area (Å²) in [6.07, 6.45) is 6.20. The Kier molecular flexibility index (Phi) is 3.19. The number of hydrogen-bond donors (Lipinski definition) is 1. The van der Waals surface area contributed by atoms with E-state index in [0.717, 1.165) is 12.8 Å². The molecule has 3 nitrogen and oxygen atoms in total. The molecule has 0 aromatic heterocycles. The summed E-state index contributed by atoms with van der Waals surface area (Å²) in [5.74, 6) is -0.407. The van der Waals surface area contributed by atoms with Crippen LogP contribution in [-0.2, 0) is 9.84 Å². The SMILES string of the molecule is O=S1(=O)C(CNC2CCCC2)=Cc2cc(F)ccc21. The molecule has 0 unspecified atom stereocenters. The minimum atomic E-state index is -3.42. The Morgan fingerprint density at radius 2 is 2.00 bits per heavy atom. The van der Waals surface area contributed by atoms with Gasteiger partial charge in [0.15, 0.2) is 0 Å². The average Bonchev–Trinajstić information content (AvgIpc) is 2.93. The lowest BCUT2D eigenvalue weighted by molar-refractivity contribution is 0.550. The van der Waals surface area contributed by atoms with E-state index in [0.29, 0.717) is 23.1 Å². The maximum absolute atomic E-state index is 13.1. The zero-order valence-corrected chi connectivity index (χ0v) is 11.3. The van der Waals surface area contributed by atoms with Crippen molar-refractivity contribution in [1.82, 2.24) is 5.32 Å². The van der Waals surface area contributed by atoms with Gasteiger partial charge in [-0.1, -0.05) is 12.8 Å². The van der Waals surface area contributed by atoms with Crippen LogP contribution in [0, 0.1) is 5.82 Å². The van der Waals surface area contributed by atoms with E-state index in [-0.39, 0.29) is 4.90 Å². The molecule has 0 saturated heterocycles. The Bertz CT molecular complexity index is 631. The molecule has 3 rings (SSSR count). The molecular formula is C14H16FNO2S. The molecule has 5 heteroatoms. The van der Waals surface area contributed by atoms with E-state index in [1.54, 1.807) is 6.08 Å². The largest absolute Gasteiger partial charge is 0.309 e. The highest BCUT2D eigenvalue weighted by Gasteiger charge is 2.30. The molecule has 1 aliphatic carbocycles. The van der Waals surface area contributed by atoms with Crippen molar-refractivity contribution in [3.8, 4) is 0 Å². The summed E-state index contributed by atoms with van der Waals surface area (Å²) in [4.78, 5) is 0.567. The van der Waals surface area contributed by atoms with Gasteiger partial charge in [-0.25, -0.2) is 12.8 Å². The second-order valence-electron chi connectivity index (χ2n) is 5.16. The van der Waals surface area contributed by atoms with Crippen LogP contribution < -0.4 is 5.32 Å². The van der Waals surface area contributed by atoms with Crippen molar-refractivity contribution in [3.63, 3.8) is 0 Å². The molecule has 0 bridgehead atoms. The summed E-state index contributed by atoms with van der Waals surface area (Å²) in [5, 5.41) is 3.29. The first kappa shape index (κ1) is 12.8. The lowest BCUT2D eigenvalue weighted by atomic mass is 10.2. The average molecular weight is 281 g/mol. The molecule has 1 aliphatic heterocycles. The van der Waals surface area contributed by atoms with Crippen molar-refractivity contribution < 1.29 is 12.8 Å². The highest BCUT2D eigenvalue weighted by molar-refractivity contribution is 7.95. The lowest BCUT2D eigenvalue weighted by Gasteiger charge is -2.12. The van der Waals surface area contributed by atoms with Gasteiger partial charge in [-0.05, 0) is 42.7 Å². The number of halogens is 1. The van der Waals surface area contributed by atoms with Crippen LogP contribution in [-0.4, -0.2) is 21.0 Å². The maximum atomic E-state index is 13.1. The van der Waals surface area contributed by atoms with Crippen molar-refractivity contribution in [2.45, 2.75) is 36.6 Å². The first-order valence-corrected chi connectivity index (χ1v) is 8.04.